The number of methoxy groups -OCH3 is 1. The molecule has 4 atom stereocenters. The average molecular weight is 713 g/mol. The van der Waals surface area contributed by atoms with E-state index in [9.17, 15) is 22.7 Å². The van der Waals surface area contributed by atoms with E-state index in [0.717, 1.165) is 82.5 Å². The normalized spacial score (nSPS) is 27.6. The van der Waals surface area contributed by atoms with Crippen molar-refractivity contribution in [2.75, 3.05) is 77.6 Å². The fraction of sp³-hybridized carbons (Fsp3) is 0.658. The molecule has 0 unspecified atom stereocenters. The van der Waals surface area contributed by atoms with Gasteiger partial charge in [-0.2, -0.15) is 0 Å². The zero-order chi connectivity index (χ0) is 34.9. The van der Waals surface area contributed by atoms with Gasteiger partial charge in [-0.3, -0.25) is 0 Å². The number of carbonyl (C=O) groups excluding carboxylic acids is 1. The van der Waals surface area contributed by atoms with Crippen LogP contribution in [0.3, 0.4) is 0 Å². The van der Waals surface area contributed by atoms with E-state index < -0.39 is 26.8 Å². The fourth-order valence-corrected chi connectivity index (χ4v) is 11.4. The van der Waals surface area contributed by atoms with Gasteiger partial charge in [-0.25, -0.2) is 17.6 Å². The first-order valence-electron chi connectivity index (χ1n) is 18.5. The number of anilines is 1. The van der Waals surface area contributed by atoms with E-state index in [-0.39, 0.29) is 35.7 Å². The lowest BCUT2D eigenvalue weighted by Crippen LogP contribution is -2.67. The number of nitrogens with zero attached hydrogens (tertiary/aromatic N) is 3. The second-order valence-electron chi connectivity index (χ2n) is 15.5. The number of sulfone groups is 1. The Morgan fingerprint density at radius 2 is 1.76 bits per heavy atom. The zero-order valence-electron chi connectivity index (χ0n) is 29.3. The molecule has 4 aliphatic heterocycles. The number of ether oxygens (including phenoxy) is 2. The molecule has 2 aromatic rings. The molecule has 1 amide bonds. The van der Waals surface area contributed by atoms with Crippen LogP contribution in [0.2, 0.25) is 0 Å². The van der Waals surface area contributed by atoms with Gasteiger partial charge in [0.2, 0.25) is 0 Å². The van der Waals surface area contributed by atoms with Crippen molar-refractivity contribution in [1.82, 2.24) is 15.1 Å². The third-order valence-corrected chi connectivity index (χ3v) is 14.5. The number of β-amino-alcohol motifs (C(OH)–C–C–N with tert-alkyl or cyclic N) is 1. The van der Waals surface area contributed by atoms with Crippen LogP contribution in [0.5, 0.6) is 0 Å². The molecule has 5 aliphatic rings. The standard InChI is InChI=1S/C38H53FN4O6S/c1-48-36(44)40-35-10-3-9-34(35)38(27-41-17-5-18-41,29-6-2-7-30(39)22-29)28-15-19-42(20-16-28)24-37(45)25-43(26-37)31-11-13-32(14-12-31)50(46,47)33-8-4-21-49-23-33/h2,6-7,11-14,22,28,33-35,45H,3-5,8-10,15-21,23-27H2,1H3,(H,40,44)/t33-,34+,35+,38+/m1/s1. The van der Waals surface area contributed by atoms with Gasteiger partial charge in [-0.05, 0) is 125 Å². The SMILES string of the molecule is COC(=O)N[C@H]1CCC[C@@H]1[C@](CN1CCC1)(c1cccc(F)c1)C1CCN(CC2(O)CN(c3ccc(S(=O)(=O)[C@@H]4CCCOC4)cc3)C2)CC1. The second-order valence-corrected chi connectivity index (χ2v) is 17.7. The Morgan fingerprint density at radius 3 is 2.40 bits per heavy atom. The summed E-state index contributed by atoms with van der Waals surface area (Å²) in [5.74, 6) is 0.214. The molecule has 0 bridgehead atoms. The molecule has 12 heteroatoms. The van der Waals surface area contributed by atoms with Crippen LogP contribution >= 0.6 is 0 Å². The van der Waals surface area contributed by atoms with E-state index in [1.54, 1.807) is 18.2 Å². The third-order valence-electron chi connectivity index (χ3n) is 12.4. The Labute approximate surface area is 296 Å². The number of likely N-dealkylation sites (tertiary alicyclic amines) is 2. The molecule has 0 spiro atoms. The number of nitrogens with one attached hydrogen (secondary N) is 1. The Kier molecular flexibility index (Phi) is 10.5. The summed E-state index contributed by atoms with van der Waals surface area (Å²) in [5, 5.41) is 14.2. The topological polar surface area (TPSA) is 112 Å². The van der Waals surface area contributed by atoms with E-state index >= 15 is 0 Å². The molecule has 4 saturated heterocycles. The van der Waals surface area contributed by atoms with Crippen molar-refractivity contribution >= 4 is 21.6 Å². The lowest BCUT2D eigenvalue weighted by Gasteiger charge is -2.55. The number of alkyl carbamates (subject to hydrolysis) is 1. The largest absolute Gasteiger partial charge is 0.453 e. The molecule has 2 N–H and O–H groups in total. The van der Waals surface area contributed by atoms with E-state index in [1.165, 1.54) is 19.6 Å². The van der Waals surface area contributed by atoms with E-state index in [1.807, 2.05) is 18.2 Å². The number of hydrogen-bond donors (Lipinski definition) is 2. The Bertz CT molecular complexity index is 1590. The summed E-state index contributed by atoms with van der Waals surface area (Å²) < 4.78 is 51.6. The summed E-state index contributed by atoms with van der Waals surface area (Å²) in [4.78, 5) is 19.8. The molecular weight excluding hydrogens is 660 g/mol. The summed E-state index contributed by atoms with van der Waals surface area (Å²) >= 11 is 0. The minimum atomic E-state index is -3.44. The van der Waals surface area contributed by atoms with Crippen LogP contribution in [0.1, 0.15) is 56.9 Å². The summed E-state index contributed by atoms with van der Waals surface area (Å²) in [6.45, 7) is 7.00. The minimum Gasteiger partial charge on any atom is -0.453 e. The number of benzene rings is 2. The zero-order valence-corrected chi connectivity index (χ0v) is 30.1. The molecule has 5 fully saturated rings. The van der Waals surface area contributed by atoms with Crippen LogP contribution in [0.15, 0.2) is 53.4 Å². The number of halogens is 1. The lowest BCUT2D eigenvalue weighted by molar-refractivity contribution is -0.0362. The molecule has 0 aromatic heterocycles. The summed E-state index contributed by atoms with van der Waals surface area (Å²) in [5.41, 5.74) is 0.759. The van der Waals surface area contributed by atoms with Crippen molar-refractivity contribution < 1.29 is 32.2 Å². The Balaban J connectivity index is 1.02. The van der Waals surface area contributed by atoms with Crippen LogP contribution in [0, 0.1) is 17.7 Å². The van der Waals surface area contributed by atoms with Crippen molar-refractivity contribution in [1.29, 1.82) is 0 Å². The highest BCUT2D eigenvalue weighted by atomic mass is 32.2. The molecule has 2 aromatic carbocycles. The lowest BCUT2D eigenvalue weighted by atomic mass is 9.57. The van der Waals surface area contributed by atoms with Crippen molar-refractivity contribution in [3.63, 3.8) is 0 Å². The average Bonchev–Trinajstić information content (AvgIpc) is 3.56. The smallest absolute Gasteiger partial charge is 0.407 e. The Hall–Kier alpha value is -2.77. The van der Waals surface area contributed by atoms with E-state index in [2.05, 4.69) is 26.1 Å². The molecule has 50 heavy (non-hydrogen) atoms. The highest BCUT2D eigenvalue weighted by Crippen LogP contribution is 2.51. The first-order chi connectivity index (χ1) is 24.1. The van der Waals surface area contributed by atoms with Gasteiger partial charge in [0.1, 0.15) is 11.4 Å². The fourth-order valence-electron chi connectivity index (χ4n) is 9.70. The number of piperidine rings is 1. The van der Waals surface area contributed by atoms with Crippen molar-refractivity contribution in [2.24, 2.45) is 11.8 Å². The molecule has 274 valence electrons. The van der Waals surface area contributed by atoms with Gasteiger partial charge < -0.3 is 34.6 Å². The van der Waals surface area contributed by atoms with Gasteiger partial charge >= 0.3 is 6.09 Å². The quantitative estimate of drug-likeness (QED) is 0.354. The minimum absolute atomic E-state index is 0.0397. The van der Waals surface area contributed by atoms with Crippen LogP contribution in [0.25, 0.3) is 0 Å². The van der Waals surface area contributed by atoms with Gasteiger partial charge in [0.05, 0.1) is 23.9 Å². The summed E-state index contributed by atoms with van der Waals surface area (Å²) in [6.07, 6.45) is 6.85. The van der Waals surface area contributed by atoms with Gasteiger partial charge in [0.25, 0.3) is 0 Å². The maximum absolute atomic E-state index is 15.0. The molecule has 1 saturated carbocycles. The van der Waals surface area contributed by atoms with Crippen molar-refractivity contribution in [2.45, 2.75) is 78.6 Å². The summed E-state index contributed by atoms with van der Waals surface area (Å²) in [7, 11) is -2.03. The maximum atomic E-state index is 15.0. The van der Waals surface area contributed by atoms with Gasteiger partial charge in [-0.1, -0.05) is 18.6 Å². The maximum Gasteiger partial charge on any atom is 0.407 e. The van der Waals surface area contributed by atoms with E-state index in [4.69, 9.17) is 9.47 Å². The molecule has 10 nitrogen and oxygen atoms in total. The van der Waals surface area contributed by atoms with Gasteiger partial charge in [0, 0.05) is 49.9 Å². The summed E-state index contributed by atoms with van der Waals surface area (Å²) in [6, 6.07) is 14.2. The van der Waals surface area contributed by atoms with Crippen molar-refractivity contribution in [3.05, 3.63) is 59.9 Å². The molecule has 4 heterocycles. The predicted octanol–water partition coefficient (Wildman–Crippen LogP) is 4.21. The molecular formula is C38H53FN4O6S. The van der Waals surface area contributed by atoms with Gasteiger partial charge in [0.15, 0.2) is 9.84 Å². The van der Waals surface area contributed by atoms with Crippen molar-refractivity contribution in [3.8, 4) is 0 Å². The Morgan fingerprint density at radius 1 is 1.00 bits per heavy atom. The van der Waals surface area contributed by atoms with E-state index in [0.29, 0.717) is 37.6 Å². The van der Waals surface area contributed by atoms with Crippen LogP contribution in [-0.4, -0.2) is 119 Å². The second kappa shape index (κ2) is 14.7. The number of aliphatic hydroxyl groups is 1. The van der Waals surface area contributed by atoms with Crippen LogP contribution in [0.4, 0.5) is 14.9 Å². The highest BCUT2D eigenvalue weighted by molar-refractivity contribution is 7.92. The first-order valence-corrected chi connectivity index (χ1v) is 20.1. The number of rotatable bonds is 11. The van der Waals surface area contributed by atoms with Crippen LogP contribution < -0.4 is 10.2 Å². The third kappa shape index (κ3) is 7.15. The molecule has 7 rings (SSSR count). The molecule has 0 radical (unpaired) electrons. The van der Waals surface area contributed by atoms with Gasteiger partial charge in [-0.15, -0.1) is 0 Å². The highest BCUT2D eigenvalue weighted by Gasteiger charge is 2.53. The number of hydrogen-bond acceptors (Lipinski definition) is 9. The number of amides is 1. The first kappa shape index (κ1) is 35.6. The predicted molar refractivity (Wildman–Crippen MR) is 190 cm³/mol. The van der Waals surface area contributed by atoms with Crippen LogP contribution in [-0.2, 0) is 24.7 Å². The number of carbonyl (C=O) groups is 1. The molecule has 1 aliphatic carbocycles. The monoisotopic (exact) mass is 712 g/mol.